The van der Waals surface area contributed by atoms with Crippen LogP contribution < -0.4 is 4.90 Å². The predicted octanol–water partition coefficient (Wildman–Crippen LogP) is 1.91. The molecule has 0 saturated carbocycles. The number of sulfone groups is 1. The summed E-state index contributed by atoms with van der Waals surface area (Å²) in [5.74, 6) is -1.02. The summed E-state index contributed by atoms with van der Waals surface area (Å²) in [7, 11) is -6.86. The van der Waals surface area contributed by atoms with E-state index in [4.69, 9.17) is 0 Å². The number of nitrogens with zero attached hydrogens (tertiary/aromatic N) is 2. The molecule has 1 saturated heterocycles. The van der Waals surface area contributed by atoms with E-state index in [-0.39, 0.29) is 35.0 Å². The van der Waals surface area contributed by atoms with Crippen molar-refractivity contribution in [1.82, 2.24) is 4.31 Å². The molecule has 0 bridgehead atoms. The molecule has 0 unspecified atom stereocenters. The Kier molecular flexibility index (Phi) is 6.06. The van der Waals surface area contributed by atoms with Crippen LogP contribution >= 0.6 is 0 Å². The van der Waals surface area contributed by atoms with Gasteiger partial charge in [0.25, 0.3) is 5.91 Å². The Morgan fingerprint density at radius 2 is 1.90 bits per heavy atom. The number of halogens is 1. The minimum Gasteiger partial charge on any atom is -0.307 e. The summed E-state index contributed by atoms with van der Waals surface area (Å²) in [6.45, 7) is 0.443. The van der Waals surface area contributed by atoms with E-state index in [9.17, 15) is 26.0 Å². The summed E-state index contributed by atoms with van der Waals surface area (Å²) >= 11 is 0. The third-order valence-corrected chi connectivity index (χ3v) is 7.72. The Labute approximate surface area is 169 Å². The monoisotopic (exact) mass is 440 g/mol. The van der Waals surface area contributed by atoms with E-state index in [1.165, 1.54) is 51.7 Å². The largest absolute Gasteiger partial charge is 0.307 e. The van der Waals surface area contributed by atoms with Crippen LogP contribution in [0.3, 0.4) is 0 Å². The first-order valence-electron chi connectivity index (χ1n) is 8.93. The van der Waals surface area contributed by atoms with Crippen LogP contribution in [0.4, 0.5) is 10.1 Å². The molecule has 0 spiro atoms. The van der Waals surface area contributed by atoms with Crippen LogP contribution in [0.5, 0.6) is 0 Å². The zero-order chi connectivity index (χ0) is 21.2. The molecule has 1 heterocycles. The number of sulfonamides is 1. The number of benzene rings is 2. The zero-order valence-corrected chi connectivity index (χ0v) is 17.4. The summed E-state index contributed by atoms with van der Waals surface area (Å²) in [5, 5.41) is 0. The summed E-state index contributed by atoms with van der Waals surface area (Å²) < 4.78 is 62.8. The van der Waals surface area contributed by atoms with Crippen molar-refractivity contribution >= 4 is 31.5 Å². The summed E-state index contributed by atoms with van der Waals surface area (Å²) in [5.41, 5.74) is 0.373. The molecule has 29 heavy (non-hydrogen) atoms. The van der Waals surface area contributed by atoms with Gasteiger partial charge < -0.3 is 4.90 Å². The van der Waals surface area contributed by atoms with E-state index < -0.39 is 31.6 Å². The van der Waals surface area contributed by atoms with Crippen LogP contribution in [0, 0.1) is 5.82 Å². The van der Waals surface area contributed by atoms with Crippen LogP contribution in [0.25, 0.3) is 0 Å². The predicted molar refractivity (Wildman–Crippen MR) is 108 cm³/mol. The van der Waals surface area contributed by atoms with Gasteiger partial charge in [0.15, 0.2) is 9.84 Å². The maximum Gasteiger partial charge on any atom is 0.258 e. The Balaban J connectivity index is 1.93. The van der Waals surface area contributed by atoms with Gasteiger partial charge in [0, 0.05) is 37.1 Å². The number of hydrogen-bond acceptors (Lipinski definition) is 5. The molecule has 0 radical (unpaired) electrons. The lowest BCUT2D eigenvalue weighted by Crippen LogP contribution is -2.39. The SMILES string of the molecule is CS(=O)(=O)c1cccc(C(=O)N(CCN2CCCS2(=O)=O)c2cccc(F)c2)c1. The number of hydrogen-bond donors (Lipinski definition) is 0. The molecule has 1 amide bonds. The molecule has 3 rings (SSSR count). The highest BCUT2D eigenvalue weighted by molar-refractivity contribution is 7.90. The lowest BCUT2D eigenvalue weighted by Gasteiger charge is -2.25. The van der Waals surface area contributed by atoms with Crippen molar-refractivity contribution in [2.75, 3.05) is 36.5 Å². The number of carbonyl (C=O) groups is 1. The first-order chi connectivity index (χ1) is 13.6. The van der Waals surface area contributed by atoms with Gasteiger partial charge in [0.05, 0.1) is 10.6 Å². The number of rotatable bonds is 6. The molecule has 0 aromatic heterocycles. The van der Waals surface area contributed by atoms with Crippen molar-refractivity contribution in [3.63, 3.8) is 0 Å². The number of carbonyl (C=O) groups excluding carboxylic acids is 1. The molecule has 0 N–H and O–H groups in total. The highest BCUT2D eigenvalue weighted by Crippen LogP contribution is 2.21. The second-order valence-electron chi connectivity index (χ2n) is 6.81. The molecule has 156 valence electrons. The number of anilines is 1. The second kappa shape index (κ2) is 8.21. The molecular weight excluding hydrogens is 419 g/mol. The van der Waals surface area contributed by atoms with Gasteiger partial charge in [-0.25, -0.2) is 25.5 Å². The second-order valence-corrected chi connectivity index (χ2v) is 10.9. The first kappa shape index (κ1) is 21.4. The van der Waals surface area contributed by atoms with Crippen LogP contribution in [0.15, 0.2) is 53.4 Å². The highest BCUT2D eigenvalue weighted by Gasteiger charge is 2.29. The lowest BCUT2D eigenvalue weighted by molar-refractivity contribution is 0.0985. The van der Waals surface area contributed by atoms with Crippen molar-refractivity contribution in [3.05, 3.63) is 59.9 Å². The summed E-state index contributed by atoms with van der Waals surface area (Å²) in [6, 6.07) is 11.0. The topological polar surface area (TPSA) is 91.8 Å². The fourth-order valence-corrected chi connectivity index (χ4v) is 5.35. The minimum atomic E-state index is -3.51. The van der Waals surface area contributed by atoms with Crippen molar-refractivity contribution in [3.8, 4) is 0 Å². The quantitative estimate of drug-likeness (QED) is 0.684. The molecule has 0 atom stereocenters. The lowest BCUT2D eigenvalue weighted by atomic mass is 10.1. The average Bonchev–Trinajstić information content (AvgIpc) is 2.99. The number of amides is 1. The van der Waals surface area contributed by atoms with Crippen molar-refractivity contribution in [2.24, 2.45) is 0 Å². The van der Waals surface area contributed by atoms with E-state index in [1.54, 1.807) is 6.07 Å². The van der Waals surface area contributed by atoms with Crippen molar-refractivity contribution < 1.29 is 26.0 Å². The normalized spacial score (nSPS) is 16.6. The maximum absolute atomic E-state index is 13.8. The van der Waals surface area contributed by atoms with Gasteiger partial charge in [0.1, 0.15) is 5.82 Å². The van der Waals surface area contributed by atoms with Crippen LogP contribution in [-0.4, -0.2) is 58.7 Å². The summed E-state index contributed by atoms with van der Waals surface area (Å²) in [6.07, 6.45) is 1.56. The molecule has 0 aliphatic carbocycles. The molecule has 1 aliphatic rings. The maximum atomic E-state index is 13.8. The standard InChI is InChI=1S/C19H21FN2O5S2/c1-28(24,25)18-8-2-5-15(13-18)19(23)22(17-7-3-6-16(20)14-17)11-10-21-9-4-12-29(21,26)27/h2-3,5-8,13-14H,4,9-12H2,1H3. The third-order valence-electron chi connectivity index (χ3n) is 4.65. The minimum absolute atomic E-state index is 0.00458. The fourth-order valence-electron chi connectivity index (χ4n) is 3.16. The van der Waals surface area contributed by atoms with Gasteiger partial charge >= 0.3 is 0 Å². The average molecular weight is 441 g/mol. The van der Waals surface area contributed by atoms with Gasteiger partial charge in [-0.3, -0.25) is 4.79 Å². The smallest absolute Gasteiger partial charge is 0.258 e. The Bertz CT molecular complexity index is 1130. The third kappa shape index (κ3) is 5.01. The molecule has 2 aromatic carbocycles. The van der Waals surface area contributed by atoms with E-state index in [2.05, 4.69) is 0 Å². The fraction of sp³-hybridized carbons (Fsp3) is 0.316. The van der Waals surface area contributed by atoms with Gasteiger partial charge in [0.2, 0.25) is 10.0 Å². The van der Waals surface area contributed by atoms with Crippen LogP contribution in [0.1, 0.15) is 16.8 Å². The van der Waals surface area contributed by atoms with E-state index in [1.807, 2.05) is 0 Å². The molecule has 1 fully saturated rings. The Hall–Kier alpha value is -2.30. The first-order valence-corrected chi connectivity index (χ1v) is 12.4. The van der Waals surface area contributed by atoms with E-state index >= 15 is 0 Å². The van der Waals surface area contributed by atoms with Gasteiger partial charge in [-0.2, -0.15) is 0 Å². The Morgan fingerprint density at radius 1 is 1.17 bits per heavy atom. The van der Waals surface area contributed by atoms with Gasteiger partial charge in [-0.1, -0.05) is 12.1 Å². The van der Waals surface area contributed by atoms with Gasteiger partial charge in [-0.05, 0) is 42.8 Å². The van der Waals surface area contributed by atoms with E-state index in [0.717, 1.165) is 6.26 Å². The van der Waals surface area contributed by atoms with Crippen LogP contribution in [0.2, 0.25) is 0 Å². The highest BCUT2D eigenvalue weighted by atomic mass is 32.2. The zero-order valence-electron chi connectivity index (χ0n) is 15.8. The molecular formula is C19H21FN2O5S2. The summed E-state index contributed by atoms with van der Waals surface area (Å²) in [4.78, 5) is 14.4. The van der Waals surface area contributed by atoms with Crippen molar-refractivity contribution in [1.29, 1.82) is 0 Å². The molecule has 1 aliphatic heterocycles. The van der Waals surface area contributed by atoms with Crippen LogP contribution in [-0.2, 0) is 19.9 Å². The Morgan fingerprint density at radius 3 is 2.52 bits per heavy atom. The molecule has 7 nitrogen and oxygen atoms in total. The van der Waals surface area contributed by atoms with Crippen molar-refractivity contribution in [2.45, 2.75) is 11.3 Å². The van der Waals surface area contributed by atoms with Gasteiger partial charge in [-0.15, -0.1) is 0 Å². The molecule has 10 heteroatoms. The van der Waals surface area contributed by atoms with E-state index in [0.29, 0.717) is 13.0 Å². The molecule has 2 aromatic rings.